The van der Waals surface area contributed by atoms with Crippen LogP contribution >= 0.6 is 55.4 Å². The third-order valence-corrected chi connectivity index (χ3v) is 8.24. The molecule has 0 spiro atoms. The molecule has 2 unspecified atom stereocenters. The van der Waals surface area contributed by atoms with Gasteiger partial charge in [-0.05, 0) is 11.1 Å². The average Bonchev–Trinajstić information content (AvgIpc) is 2.59. The van der Waals surface area contributed by atoms with Crippen molar-refractivity contribution in [1.29, 1.82) is 0 Å². The molecule has 0 bridgehead atoms. The van der Waals surface area contributed by atoms with E-state index in [4.69, 9.17) is 0 Å². The van der Waals surface area contributed by atoms with Gasteiger partial charge in [-0.2, -0.15) is 23.5 Å². The molecule has 2 aromatic carbocycles. The number of hydrogen-bond donors (Lipinski definition) is 0. The zero-order valence-electron chi connectivity index (χ0n) is 12.3. The van der Waals surface area contributed by atoms with Crippen molar-refractivity contribution < 1.29 is 0 Å². The van der Waals surface area contributed by atoms with Crippen LogP contribution in [-0.4, -0.2) is 22.6 Å². The Bertz CT molecular complexity index is 519. The summed E-state index contributed by atoms with van der Waals surface area (Å²) in [7, 11) is 0. The van der Waals surface area contributed by atoms with Crippen LogP contribution in [0.5, 0.6) is 0 Å². The Morgan fingerprint density at radius 1 is 0.818 bits per heavy atom. The molecule has 0 N–H and O–H groups in total. The van der Waals surface area contributed by atoms with Crippen LogP contribution in [0.1, 0.15) is 21.2 Å². The lowest BCUT2D eigenvalue weighted by molar-refractivity contribution is 1.12. The summed E-state index contributed by atoms with van der Waals surface area (Å²) < 4.78 is 0. The Hall–Kier alpha value is 0.100. The van der Waals surface area contributed by atoms with E-state index in [1.807, 2.05) is 23.5 Å². The third kappa shape index (κ3) is 6.31. The number of rotatable bonds is 9. The van der Waals surface area contributed by atoms with E-state index in [0.717, 1.165) is 11.1 Å². The van der Waals surface area contributed by atoms with Crippen molar-refractivity contribution in [3.63, 3.8) is 0 Å². The summed E-state index contributed by atoms with van der Waals surface area (Å²) >= 11 is 11.5. The number of hydrogen-bond acceptors (Lipinski definition) is 2. The molecule has 0 aliphatic carbocycles. The van der Waals surface area contributed by atoms with Crippen LogP contribution in [0.4, 0.5) is 0 Å². The van der Waals surface area contributed by atoms with Gasteiger partial charge in [0.25, 0.3) is 0 Å². The van der Waals surface area contributed by atoms with E-state index in [2.05, 4.69) is 92.5 Å². The SMILES string of the molecule is BrCC(SCCSCC(Br)c1ccccc1)c1ccccc1. The first-order chi connectivity index (χ1) is 10.8. The number of alkyl halides is 2. The topological polar surface area (TPSA) is 0 Å². The minimum absolute atomic E-state index is 0.449. The lowest BCUT2D eigenvalue weighted by atomic mass is 10.2. The average molecular weight is 460 g/mol. The summed E-state index contributed by atoms with van der Waals surface area (Å²) in [5.41, 5.74) is 2.78. The van der Waals surface area contributed by atoms with Gasteiger partial charge in [-0.25, -0.2) is 0 Å². The van der Waals surface area contributed by atoms with Gasteiger partial charge in [0.05, 0.1) is 0 Å². The summed E-state index contributed by atoms with van der Waals surface area (Å²) in [5.74, 6) is 3.50. The van der Waals surface area contributed by atoms with Crippen molar-refractivity contribution >= 4 is 55.4 Å². The van der Waals surface area contributed by atoms with Crippen LogP contribution in [0.15, 0.2) is 60.7 Å². The van der Waals surface area contributed by atoms with Crippen LogP contribution in [0.25, 0.3) is 0 Å². The summed E-state index contributed by atoms with van der Waals surface area (Å²) in [6.07, 6.45) is 0. The van der Waals surface area contributed by atoms with Gasteiger partial charge in [-0.3, -0.25) is 0 Å². The Labute approximate surface area is 159 Å². The highest BCUT2D eigenvalue weighted by atomic mass is 79.9. The van der Waals surface area contributed by atoms with Gasteiger partial charge in [0.15, 0.2) is 0 Å². The molecular weight excluding hydrogens is 440 g/mol. The third-order valence-electron chi connectivity index (χ3n) is 3.28. The summed E-state index contributed by atoms with van der Waals surface area (Å²) in [5, 5.41) is 1.56. The van der Waals surface area contributed by atoms with Gasteiger partial charge < -0.3 is 0 Å². The van der Waals surface area contributed by atoms with Gasteiger partial charge in [0.1, 0.15) is 0 Å². The van der Waals surface area contributed by atoms with Gasteiger partial charge in [0, 0.05) is 32.7 Å². The normalized spacial score (nSPS) is 13.7. The van der Waals surface area contributed by atoms with E-state index < -0.39 is 0 Å². The molecule has 0 aromatic heterocycles. The summed E-state index contributed by atoms with van der Waals surface area (Å²) in [4.78, 5) is 0.449. The fourth-order valence-electron chi connectivity index (χ4n) is 2.09. The fraction of sp³-hybridized carbons (Fsp3) is 0.333. The van der Waals surface area contributed by atoms with Crippen LogP contribution in [0.2, 0.25) is 0 Å². The molecular formula is C18H20Br2S2. The standard InChI is InChI=1S/C18H20Br2S2/c19-13-18(16-9-5-2-6-10-16)22-12-11-21-14-17(20)15-7-3-1-4-8-15/h1-10,17-18H,11-14H2. The highest BCUT2D eigenvalue weighted by Crippen LogP contribution is 2.32. The Balaban J connectivity index is 1.66. The number of halogens is 2. The van der Waals surface area contributed by atoms with Crippen LogP contribution in [-0.2, 0) is 0 Å². The second-order valence-corrected chi connectivity index (χ2v) is 9.09. The zero-order valence-corrected chi connectivity index (χ0v) is 17.1. The highest BCUT2D eigenvalue weighted by molar-refractivity contribution is 9.09. The lowest BCUT2D eigenvalue weighted by Gasteiger charge is -2.14. The van der Waals surface area contributed by atoms with Gasteiger partial charge in [0.2, 0.25) is 0 Å². The Morgan fingerprint density at radius 2 is 1.41 bits per heavy atom. The lowest BCUT2D eigenvalue weighted by Crippen LogP contribution is -1.99. The second-order valence-electron chi connectivity index (χ2n) is 4.88. The van der Waals surface area contributed by atoms with Crippen molar-refractivity contribution in [3.8, 4) is 0 Å². The van der Waals surface area contributed by atoms with E-state index in [1.54, 1.807) is 0 Å². The fourth-order valence-corrected chi connectivity index (χ4v) is 6.04. The van der Waals surface area contributed by atoms with Crippen molar-refractivity contribution in [1.82, 2.24) is 0 Å². The predicted octanol–water partition coefficient (Wildman–Crippen LogP) is 6.73. The molecule has 2 atom stereocenters. The summed E-state index contributed by atoms with van der Waals surface area (Å²) in [6.45, 7) is 0. The maximum absolute atomic E-state index is 3.78. The van der Waals surface area contributed by atoms with E-state index in [1.165, 1.54) is 22.6 Å². The smallest absolute Gasteiger partial charge is 0.0485 e. The van der Waals surface area contributed by atoms with E-state index in [0.29, 0.717) is 10.1 Å². The molecule has 0 heterocycles. The monoisotopic (exact) mass is 458 g/mol. The second kappa shape index (κ2) is 10.8. The largest absolute Gasteiger partial charge is 0.160 e. The van der Waals surface area contributed by atoms with E-state index >= 15 is 0 Å². The molecule has 22 heavy (non-hydrogen) atoms. The van der Waals surface area contributed by atoms with Crippen molar-refractivity contribution in [2.75, 3.05) is 22.6 Å². The maximum atomic E-state index is 3.78. The summed E-state index contributed by atoms with van der Waals surface area (Å²) in [6, 6.07) is 21.4. The van der Waals surface area contributed by atoms with Crippen LogP contribution < -0.4 is 0 Å². The number of benzene rings is 2. The Kier molecular flexibility index (Phi) is 9.05. The first kappa shape index (κ1) is 18.4. The minimum Gasteiger partial charge on any atom is -0.160 e. The quantitative estimate of drug-likeness (QED) is 0.301. The molecule has 0 saturated carbocycles. The molecule has 0 saturated heterocycles. The van der Waals surface area contributed by atoms with Crippen molar-refractivity contribution in [2.24, 2.45) is 0 Å². The van der Waals surface area contributed by atoms with Gasteiger partial charge in [-0.1, -0.05) is 92.5 Å². The molecule has 0 aliphatic rings. The minimum atomic E-state index is 0.449. The highest BCUT2D eigenvalue weighted by Gasteiger charge is 2.10. The Morgan fingerprint density at radius 3 is 2.00 bits per heavy atom. The van der Waals surface area contributed by atoms with Gasteiger partial charge in [-0.15, -0.1) is 0 Å². The molecule has 0 fully saturated rings. The molecule has 0 radical (unpaired) electrons. The first-order valence-corrected chi connectivity index (χ1v) is 11.5. The molecule has 118 valence electrons. The maximum Gasteiger partial charge on any atom is 0.0485 e. The molecule has 2 rings (SSSR count). The van der Waals surface area contributed by atoms with Crippen molar-refractivity contribution in [3.05, 3.63) is 71.8 Å². The molecule has 0 amide bonds. The first-order valence-electron chi connectivity index (χ1n) is 7.30. The zero-order chi connectivity index (χ0) is 15.6. The molecule has 4 heteroatoms. The molecule has 0 nitrogen and oxygen atoms in total. The van der Waals surface area contributed by atoms with E-state index in [-0.39, 0.29) is 0 Å². The molecule has 2 aromatic rings. The molecule has 0 aliphatic heterocycles. The number of thioether (sulfide) groups is 2. The van der Waals surface area contributed by atoms with E-state index in [9.17, 15) is 0 Å². The van der Waals surface area contributed by atoms with Crippen molar-refractivity contribution in [2.45, 2.75) is 10.1 Å². The van der Waals surface area contributed by atoms with Crippen LogP contribution in [0.3, 0.4) is 0 Å². The van der Waals surface area contributed by atoms with Gasteiger partial charge >= 0.3 is 0 Å². The predicted molar refractivity (Wildman–Crippen MR) is 111 cm³/mol. The van der Waals surface area contributed by atoms with Crippen LogP contribution in [0, 0.1) is 0 Å².